The molecule has 0 aromatic carbocycles. The summed E-state index contributed by atoms with van der Waals surface area (Å²) in [6.45, 7) is 6.17. The van der Waals surface area contributed by atoms with E-state index in [1.165, 1.54) is 0 Å². The normalized spacial score (nSPS) is 10.9. The van der Waals surface area contributed by atoms with Crippen LogP contribution in [0.1, 0.15) is 43.8 Å². The molecule has 82 valence electrons. The Morgan fingerprint density at radius 3 is 2.75 bits per heavy atom. The molecule has 0 aliphatic heterocycles. The molecule has 4 nitrogen and oxygen atoms in total. The van der Waals surface area contributed by atoms with Gasteiger partial charge < -0.3 is 4.98 Å². The molecule has 16 heavy (non-hydrogen) atoms. The van der Waals surface area contributed by atoms with Gasteiger partial charge in [0.1, 0.15) is 17.5 Å². The van der Waals surface area contributed by atoms with E-state index in [4.69, 9.17) is 5.26 Å². The summed E-state index contributed by atoms with van der Waals surface area (Å²) in [7, 11) is 0. The maximum absolute atomic E-state index is 9.00. The van der Waals surface area contributed by atoms with Crippen LogP contribution in [0.3, 0.4) is 0 Å². The fraction of sp³-hybridized carbons (Fsp3) is 0.417. The lowest BCUT2D eigenvalue weighted by molar-refractivity contribution is 0.768. The largest absolute Gasteiger partial charge is 0.345 e. The van der Waals surface area contributed by atoms with Gasteiger partial charge in [-0.1, -0.05) is 20.8 Å². The van der Waals surface area contributed by atoms with E-state index < -0.39 is 0 Å². The zero-order chi connectivity index (χ0) is 11.7. The first-order valence-electron chi connectivity index (χ1n) is 5.45. The van der Waals surface area contributed by atoms with Crippen LogP contribution >= 0.6 is 0 Å². The summed E-state index contributed by atoms with van der Waals surface area (Å²) < 4.78 is 0. The minimum atomic E-state index is 0.295. The minimum Gasteiger partial charge on any atom is -0.345 e. The van der Waals surface area contributed by atoms with E-state index in [0.717, 1.165) is 29.0 Å². The van der Waals surface area contributed by atoms with Gasteiger partial charge in [-0.3, -0.25) is 0 Å². The quantitative estimate of drug-likeness (QED) is 0.835. The molecular formula is C12H14N4. The van der Waals surface area contributed by atoms with Crippen molar-refractivity contribution in [2.24, 2.45) is 0 Å². The van der Waals surface area contributed by atoms with Gasteiger partial charge in [0, 0.05) is 12.1 Å². The Labute approximate surface area is 94.3 Å². The second-order valence-corrected chi connectivity index (χ2v) is 4.07. The molecule has 1 N–H and O–H groups in total. The molecule has 0 bridgehead atoms. The van der Waals surface area contributed by atoms with Crippen molar-refractivity contribution in [1.29, 1.82) is 5.26 Å². The third-order valence-electron chi connectivity index (χ3n) is 2.60. The van der Waals surface area contributed by atoms with Crippen LogP contribution in [0.2, 0.25) is 0 Å². The van der Waals surface area contributed by atoms with Crippen LogP contribution in [0, 0.1) is 11.3 Å². The van der Waals surface area contributed by atoms with E-state index in [2.05, 4.69) is 34.9 Å². The van der Waals surface area contributed by atoms with Gasteiger partial charge in [-0.05, 0) is 6.42 Å². The average molecular weight is 214 g/mol. The lowest BCUT2D eigenvalue weighted by Crippen LogP contribution is -2.02. The van der Waals surface area contributed by atoms with Crippen molar-refractivity contribution in [2.45, 2.75) is 33.1 Å². The van der Waals surface area contributed by atoms with Crippen LogP contribution in [0.5, 0.6) is 0 Å². The Hall–Kier alpha value is -1.89. The second kappa shape index (κ2) is 3.93. The fourth-order valence-corrected chi connectivity index (χ4v) is 1.73. The van der Waals surface area contributed by atoms with Crippen LogP contribution in [-0.2, 0) is 6.42 Å². The molecule has 0 atom stereocenters. The number of aromatic nitrogens is 3. The molecule has 2 aromatic heterocycles. The highest BCUT2D eigenvalue weighted by Crippen LogP contribution is 2.22. The standard InChI is InChI=1S/C12H14N4/c1-4-9-10-8(5-13)6-14-12(10)16-11(15-9)7(2)3/h6-7H,4H2,1-3H3,(H,14,15,16). The van der Waals surface area contributed by atoms with Crippen molar-refractivity contribution in [3.8, 4) is 6.07 Å². The SMILES string of the molecule is CCc1nc(C(C)C)nc2[nH]cc(C#N)c12. The lowest BCUT2D eigenvalue weighted by Gasteiger charge is -2.06. The number of aryl methyl sites for hydroxylation is 1. The number of nitrogens with one attached hydrogen (secondary N) is 1. The van der Waals surface area contributed by atoms with E-state index in [9.17, 15) is 0 Å². The fourth-order valence-electron chi connectivity index (χ4n) is 1.73. The third kappa shape index (κ3) is 1.54. The highest BCUT2D eigenvalue weighted by Gasteiger charge is 2.13. The van der Waals surface area contributed by atoms with Crippen LogP contribution in [-0.4, -0.2) is 15.0 Å². The molecule has 2 heterocycles. The molecule has 0 saturated heterocycles. The molecule has 0 saturated carbocycles. The Morgan fingerprint density at radius 2 is 2.19 bits per heavy atom. The minimum absolute atomic E-state index is 0.295. The van der Waals surface area contributed by atoms with Gasteiger partial charge in [0.15, 0.2) is 0 Å². The zero-order valence-electron chi connectivity index (χ0n) is 9.70. The topological polar surface area (TPSA) is 65.4 Å². The Balaban J connectivity index is 2.77. The average Bonchev–Trinajstić information content (AvgIpc) is 2.70. The van der Waals surface area contributed by atoms with Crippen molar-refractivity contribution >= 4 is 11.0 Å². The summed E-state index contributed by atoms with van der Waals surface area (Å²) in [5, 5.41) is 9.87. The van der Waals surface area contributed by atoms with Crippen molar-refractivity contribution in [1.82, 2.24) is 15.0 Å². The second-order valence-electron chi connectivity index (χ2n) is 4.07. The summed E-state index contributed by atoms with van der Waals surface area (Å²) in [5.41, 5.74) is 2.35. The van der Waals surface area contributed by atoms with E-state index >= 15 is 0 Å². The van der Waals surface area contributed by atoms with Gasteiger partial charge in [0.25, 0.3) is 0 Å². The summed E-state index contributed by atoms with van der Waals surface area (Å²) >= 11 is 0. The Kier molecular flexibility index (Phi) is 2.61. The van der Waals surface area contributed by atoms with Gasteiger partial charge in [0.05, 0.1) is 16.6 Å². The molecule has 4 heteroatoms. The molecule has 0 aliphatic carbocycles. The van der Waals surface area contributed by atoms with E-state index in [1.54, 1.807) is 6.20 Å². The smallest absolute Gasteiger partial charge is 0.142 e. The first kappa shape index (κ1) is 10.6. The highest BCUT2D eigenvalue weighted by molar-refractivity contribution is 5.84. The number of rotatable bonds is 2. The third-order valence-corrected chi connectivity index (χ3v) is 2.60. The molecule has 0 amide bonds. The number of hydrogen-bond acceptors (Lipinski definition) is 3. The number of nitrogens with zero attached hydrogens (tertiary/aromatic N) is 3. The predicted octanol–water partition coefficient (Wildman–Crippen LogP) is 2.52. The van der Waals surface area contributed by atoms with Crippen LogP contribution < -0.4 is 0 Å². The molecule has 0 spiro atoms. The number of nitriles is 1. The number of hydrogen-bond donors (Lipinski definition) is 1. The Morgan fingerprint density at radius 1 is 1.44 bits per heavy atom. The molecule has 2 rings (SSSR count). The van der Waals surface area contributed by atoms with Crippen LogP contribution in [0.4, 0.5) is 0 Å². The lowest BCUT2D eigenvalue weighted by atomic mass is 10.1. The molecule has 0 radical (unpaired) electrons. The van der Waals surface area contributed by atoms with E-state index in [1.807, 2.05) is 6.92 Å². The number of fused-ring (bicyclic) bond motifs is 1. The van der Waals surface area contributed by atoms with Gasteiger partial charge in [-0.2, -0.15) is 5.26 Å². The molecule has 0 unspecified atom stereocenters. The first-order chi connectivity index (χ1) is 7.67. The first-order valence-corrected chi connectivity index (χ1v) is 5.45. The van der Waals surface area contributed by atoms with Crippen LogP contribution in [0.15, 0.2) is 6.20 Å². The van der Waals surface area contributed by atoms with E-state index in [0.29, 0.717) is 11.5 Å². The molecule has 2 aromatic rings. The maximum Gasteiger partial charge on any atom is 0.142 e. The monoisotopic (exact) mass is 214 g/mol. The summed E-state index contributed by atoms with van der Waals surface area (Å²) in [5.74, 6) is 1.12. The van der Waals surface area contributed by atoms with E-state index in [-0.39, 0.29) is 0 Å². The van der Waals surface area contributed by atoms with Gasteiger partial charge in [-0.25, -0.2) is 9.97 Å². The van der Waals surface area contributed by atoms with Crippen molar-refractivity contribution in [3.63, 3.8) is 0 Å². The maximum atomic E-state index is 9.00. The van der Waals surface area contributed by atoms with Crippen molar-refractivity contribution < 1.29 is 0 Å². The van der Waals surface area contributed by atoms with Gasteiger partial charge in [0.2, 0.25) is 0 Å². The number of H-pyrrole nitrogens is 1. The zero-order valence-corrected chi connectivity index (χ0v) is 9.70. The van der Waals surface area contributed by atoms with Crippen molar-refractivity contribution in [2.75, 3.05) is 0 Å². The van der Waals surface area contributed by atoms with Gasteiger partial charge in [-0.15, -0.1) is 0 Å². The van der Waals surface area contributed by atoms with Crippen LogP contribution in [0.25, 0.3) is 11.0 Å². The highest BCUT2D eigenvalue weighted by atomic mass is 15.0. The summed E-state index contributed by atoms with van der Waals surface area (Å²) in [6, 6.07) is 2.16. The molecular weight excluding hydrogens is 200 g/mol. The number of aromatic amines is 1. The summed E-state index contributed by atoms with van der Waals surface area (Å²) in [6.07, 6.45) is 2.51. The van der Waals surface area contributed by atoms with Crippen molar-refractivity contribution in [3.05, 3.63) is 23.3 Å². The molecule has 0 aliphatic rings. The Bertz CT molecular complexity index is 560. The molecule has 0 fully saturated rings. The predicted molar refractivity (Wildman–Crippen MR) is 62.1 cm³/mol. The van der Waals surface area contributed by atoms with Gasteiger partial charge >= 0.3 is 0 Å². The summed E-state index contributed by atoms with van der Waals surface area (Å²) in [4.78, 5) is 12.0.